The molecule has 3 rings (SSSR count). The number of amides is 2. The average Bonchev–Trinajstić information content (AvgIpc) is 2.75. The fourth-order valence-corrected chi connectivity index (χ4v) is 4.29. The molecule has 0 aliphatic rings. The first kappa shape index (κ1) is 24.6. The molecule has 0 saturated carbocycles. The molecule has 0 saturated heterocycles. The van der Waals surface area contributed by atoms with Crippen LogP contribution in [0.15, 0.2) is 65.6 Å². The standard InChI is InChI=1S/C23H19Cl2N3O4S/c1-13-6-8-17(28(31)32)12-21(13)27-22(29)14(2)33-18-5-3-4-16(11-18)26-23(30)19-9-7-15(24)10-20(19)25/h3-12,14H,1-2H3,(H,26,30)(H,27,29). The summed E-state index contributed by atoms with van der Waals surface area (Å²) in [7, 11) is 0. The molecule has 1 unspecified atom stereocenters. The number of carbonyl (C=O) groups excluding carboxylic acids is 2. The molecule has 0 bridgehead atoms. The van der Waals surface area contributed by atoms with Gasteiger partial charge in [-0.25, -0.2) is 0 Å². The Labute approximate surface area is 204 Å². The van der Waals surface area contributed by atoms with Gasteiger partial charge in [-0.3, -0.25) is 19.7 Å². The van der Waals surface area contributed by atoms with E-state index in [-0.39, 0.29) is 22.5 Å². The van der Waals surface area contributed by atoms with Crippen molar-refractivity contribution < 1.29 is 14.5 Å². The normalized spacial score (nSPS) is 11.5. The first-order valence-electron chi connectivity index (χ1n) is 9.73. The highest BCUT2D eigenvalue weighted by Crippen LogP contribution is 2.29. The molecule has 0 aliphatic heterocycles. The maximum absolute atomic E-state index is 12.7. The zero-order valence-electron chi connectivity index (χ0n) is 17.6. The zero-order valence-corrected chi connectivity index (χ0v) is 19.9. The summed E-state index contributed by atoms with van der Waals surface area (Å²) >= 11 is 13.3. The fraction of sp³-hybridized carbons (Fsp3) is 0.130. The van der Waals surface area contributed by atoms with Gasteiger partial charge in [0.1, 0.15) is 0 Å². The molecule has 1 atom stereocenters. The number of thioether (sulfide) groups is 1. The minimum Gasteiger partial charge on any atom is -0.325 e. The molecule has 33 heavy (non-hydrogen) atoms. The molecule has 3 aromatic rings. The number of rotatable bonds is 7. The van der Waals surface area contributed by atoms with Crippen molar-refractivity contribution in [1.82, 2.24) is 0 Å². The van der Waals surface area contributed by atoms with E-state index in [0.717, 1.165) is 10.5 Å². The molecular formula is C23H19Cl2N3O4S. The molecule has 2 amide bonds. The van der Waals surface area contributed by atoms with Crippen LogP contribution in [-0.2, 0) is 4.79 Å². The summed E-state index contributed by atoms with van der Waals surface area (Å²) in [6.07, 6.45) is 0. The monoisotopic (exact) mass is 503 g/mol. The van der Waals surface area contributed by atoms with Crippen molar-refractivity contribution >= 4 is 63.8 Å². The first-order chi connectivity index (χ1) is 15.6. The number of nitro benzene ring substituents is 1. The summed E-state index contributed by atoms with van der Waals surface area (Å²) in [4.78, 5) is 36.5. The van der Waals surface area contributed by atoms with Crippen molar-refractivity contribution in [2.45, 2.75) is 24.0 Å². The highest BCUT2D eigenvalue weighted by Gasteiger charge is 2.18. The molecule has 2 N–H and O–H groups in total. The maximum Gasteiger partial charge on any atom is 0.271 e. The molecular weight excluding hydrogens is 485 g/mol. The number of anilines is 2. The Bertz CT molecular complexity index is 1240. The van der Waals surface area contributed by atoms with Crippen LogP contribution < -0.4 is 10.6 Å². The smallest absolute Gasteiger partial charge is 0.271 e. The molecule has 7 nitrogen and oxygen atoms in total. The molecule has 0 spiro atoms. The van der Waals surface area contributed by atoms with Gasteiger partial charge >= 0.3 is 0 Å². The van der Waals surface area contributed by atoms with E-state index in [0.29, 0.717) is 22.0 Å². The van der Waals surface area contributed by atoms with Gasteiger partial charge in [-0.05, 0) is 55.8 Å². The second kappa shape index (κ2) is 10.7. The van der Waals surface area contributed by atoms with E-state index in [1.54, 1.807) is 50.2 Å². The second-order valence-electron chi connectivity index (χ2n) is 7.11. The van der Waals surface area contributed by atoms with Gasteiger partial charge in [-0.15, -0.1) is 11.8 Å². The lowest BCUT2D eigenvalue weighted by atomic mass is 10.2. The molecule has 0 fully saturated rings. The first-order valence-corrected chi connectivity index (χ1v) is 11.4. The van der Waals surface area contributed by atoms with E-state index in [1.165, 1.54) is 30.0 Å². The van der Waals surface area contributed by atoms with E-state index in [1.807, 2.05) is 6.07 Å². The number of hydrogen-bond acceptors (Lipinski definition) is 5. The lowest BCUT2D eigenvalue weighted by Crippen LogP contribution is -2.22. The van der Waals surface area contributed by atoms with Crippen LogP contribution in [-0.4, -0.2) is 22.0 Å². The summed E-state index contributed by atoms with van der Waals surface area (Å²) < 4.78 is 0. The molecule has 170 valence electrons. The highest BCUT2D eigenvalue weighted by molar-refractivity contribution is 8.00. The molecule has 0 aromatic heterocycles. The van der Waals surface area contributed by atoms with Crippen molar-refractivity contribution in [3.05, 3.63) is 92.0 Å². The van der Waals surface area contributed by atoms with Crippen molar-refractivity contribution in [3.63, 3.8) is 0 Å². The SMILES string of the molecule is Cc1ccc([N+](=O)[O-])cc1NC(=O)C(C)Sc1cccc(NC(=O)c2ccc(Cl)cc2Cl)c1. The number of halogens is 2. The van der Waals surface area contributed by atoms with Crippen LogP contribution in [0, 0.1) is 17.0 Å². The van der Waals surface area contributed by atoms with Crippen LogP contribution in [0.1, 0.15) is 22.8 Å². The molecule has 0 aliphatic carbocycles. The van der Waals surface area contributed by atoms with E-state index in [9.17, 15) is 19.7 Å². The lowest BCUT2D eigenvalue weighted by Gasteiger charge is -2.14. The largest absolute Gasteiger partial charge is 0.325 e. The molecule has 3 aromatic carbocycles. The van der Waals surface area contributed by atoms with Crippen molar-refractivity contribution in [3.8, 4) is 0 Å². The summed E-state index contributed by atoms with van der Waals surface area (Å²) in [5, 5.41) is 16.7. The quantitative estimate of drug-likeness (QED) is 0.215. The summed E-state index contributed by atoms with van der Waals surface area (Å²) in [5.74, 6) is -0.684. The Morgan fingerprint density at radius 3 is 2.48 bits per heavy atom. The number of carbonyl (C=O) groups is 2. The predicted molar refractivity (Wildman–Crippen MR) is 133 cm³/mol. The number of nitrogens with one attached hydrogen (secondary N) is 2. The lowest BCUT2D eigenvalue weighted by molar-refractivity contribution is -0.384. The maximum atomic E-state index is 12.7. The number of hydrogen-bond donors (Lipinski definition) is 2. The van der Waals surface area contributed by atoms with E-state index < -0.39 is 10.2 Å². The Balaban J connectivity index is 1.67. The van der Waals surface area contributed by atoms with Gasteiger partial charge in [0, 0.05) is 27.7 Å². The third-order valence-corrected chi connectivity index (χ3v) is 6.28. The Morgan fingerprint density at radius 1 is 1.03 bits per heavy atom. The number of nitro groups is 1. The number of non-ortho nitro benzene ring substituents is 1. The number of aryl methyl sites for hydroxylation is 1. The van der Waals surface area contributed by atoms with Gasteiger partial charge in [0.2, 0.25) is 5.91 Å². The zero-order chi connectivity index (χ0) is 24.1. The van der Waals surface area contributed by atoms with Crippen LogP contribution in [0.2, 0.25) is 10.0 Å². The topological polar surface area (TPSA) is 101 Å². The molecule has 0 radical (unpaired) electrons. The van der Waals surface area contributed by atoms with Gasteiger partial charge < -0.3 is 10.6 Å². The van der Waals surface area contributed by atoms with Crippen LogP contribution in [0.25, 0.3) is 0 Å². The van der Waals surface area contributed by atoms with Crippen LogP contribution in [0.4, 0.5) is 17.1 Å². The van der Waals surface area contributed by atoms with Crippen LogP contribution in [0.5, 0.6) is 0 Å². The Hall–Kier alpha value is -3.07. The average molecular weight is 504 g/mol. The van der Waals surface area contributed by atoms with Crippen molar-refractivity contribution in [2.24, 2.45) is 0 Å². The van der Waals surface area contributed by atoms with Gasteiger partial charge in [-0.2, -0.15) is 0 Å². The summed E-state index contributed by atoms with van der Waals surface area (Å²) in [6.45, 7) is 3.49. The van der Waals surface area contributed by atoms with Gasteiger partial charge in [0.05, 0.1) is 26.4 Å². The number of benzene rings is 3. The van der Waals surface area contributed by atoms with Crippen molar-refractivity contribution in [2.75, 3.05) is 10.6 Å². The van der Waals surface area contributed by atoms with E-state index in [4.69, 9.17) is 23.2 Å². The molecule has 0 heterocycles. The summed E-state index contributed by atoms with van der Waals surface area (Å²) in [5.41, 5.74) is 1.84. The van der Waals surface area contributed by atoms with E-state index in [2.05, 4.69) is 10.6 Å². The summed E-state index contributed by atoms with van der Waals surface area (Å²) in [6, 6.07) is 16.0. The van der Waals surface area contributed by atoms with Gasteiger partial charge in [0.25, 0.3) is 11.6 Å². The third kappa shape index (κ3) is 6.47. The fourth-order valence-electron chi connectivity index (χ4n) is 2.87. The van der Waals surface area contributed by atoms with Gasteiger partial charge in [0.15, 0.2) is 0 Å². The Morgan fingerprint density at radius 2 is 1.79 bits per heavy atom. The second-order valence-corrected chi connectivity index (χ2v) is 9.37. The third-order valence-electron chi connectivity index (χ3n) is 4.64. The number of nitrogens with zero attached hydrogens (tertiary/aromatic N) is 1. The van der Waals surface area contributed by atoms with Crippen LogP contribution in [0.3, 0.4) is 0 Å². The van der Waals surface area contributed by atoms with E-state index >= 15 is 0 Å². The Kier molecular flexibility index (Phi) is 7.97. The molecule has 10 heteroatoms. The minimum atomic E-state index is -0.510. The van der Waals surface area contributed by atoms with Crippen molar-refractivity contribution in [1.29, 1.82) is 0 Å². The van der Waals surface area contributed by atoms with Crippen LogP contribution >= 0.6 is 35.0 Å². The predicted octanol–water partition coefficient (Wildman–Crippen LogP) is 6.58. The highest BCUT2D eigenvalue weighted by atomic mass is 35.5. The minimum absolute atomic E-state index is 0.0968. The van der Waals surface area contributed by atoms with Gasteiger partial charge in [-0.1, -0.05) is 35.3 Å².